The lowest BCUT2D eigenvalue weighted by atomic mass is 10.1. The molecule has 0 heterocycles. The molecule has 3 N–H and O–H groups in total. The smallest absolute Gasteiger partial charge is 0.329 e. The van der Waals surface area contributed by atoms with Gasteiger partial charge >= 0.3 is 11.8 Å². The Balaban J connectivity index is 1.41. The molecular weight excluding hydrogens is 488 g/mol. The van der Waals surface area contributed by atoms with Crippen molar-refractivity contribution in [1.29, 1.82) is 0 Å². The molecule has 10 heteroatoms. The van der Waals surface area contributed by atoms with Crippen molar-refractivity contribution < 1.29 is 28.6 Å². The molecule has 0 radical (unpaired) electrons. The van der Waals surface area contributed by atoms with E-state index >= 15 is 0 Å². The van der Waals surface area contributed by atoms with Crippen molar-refractivity contribution in [2.75, 3.05) is 32.7 Å². The molecule has 3 amide bonds. The van der Waals surface area contributed by atoms with Gasteiger partial charge in [-0.25, -0.2) is 5.43 Å². The number of carbonyl (C=O) groups is 3. The van der Waals surface area contributed by atoms with Crippen LogP contribution in [0.2, 0.25) is 0 Å². The first-order valence-corrected chi connectivity index (χ1v) is 11.8. The quantitative estimate of drug-likeness (QED) is 0.204. The van der Waals surface area contributed by atoms with E-state index in [2.05, 4.69) is 21.2 Å². The Morgan fingerprint density at radius 3 is 2.45 bits per heavy atom. The molecule has 0 atom stereocenters. The monoisotopic (exact) mass is 518 g/mol. The van der Waals surface area contributed by atoms with Gasteiger partial charge in [0.1, 0.15) is 5.75 Å². The van der Waals surface area contributed by atoms with Gasteiger partial charge in [-0.2, -0.15) is 5.10 Å². The Kier molecular flexibility index (Phi) is 10.2. The zero-order valence-electron chi connectivity index (χ0n) is 21.4. The highest BCUT2D eigenvalue weighted by Crippen LogP contribution is 2.27. The second kappa shape index (κ2) is 14.0. The number of anilines is 1. The van der Waals surface area contributed by atoms with Crippen LogP contribution < -0.4 is 30.3 Å². The first-order valence-electron chi connectivity index (χ1n) is 11.8. The third-order valence-electron chi connectivity index (χ3n) is 5.26. The normalized spacial score (nSPS) is 10.5. The lowest BCUT2D eigenvalue weighted by molar-refractivity contribution is -0.139. The molecule has 198 valence electrons. The molecule has 3 rings (SSSR count). The molecule has 0 bridgehead atoms. The number of hydrazone groups is 1. The lowest BCUT2D eigenvalue weighted by Gasteiger charge is -2.10. The lowest BCUT2D eigenvalue weighted by Crippen LogP contribution is -2.38. The standard InChI is InChI=1S/C28H30N4O6/c1-19-6-4-8-22(14-19)31-26(33)18-38-23-9-5-7-21(15-23)17-30-32-28(35)27(34)29-13-12-20-10-11-24(36-2)25(16-20)37-3/h4-11,14-17H,12-13,18H2,1-3H3,(H,29,34)(H,31,33)(H,32,35)/b30-17-. The average Bonchev–Trinajstić information content (AvgIpc) is 2.92. The molecule has 0 aliphatic heterocycles. The number of amides is 3. The van der Waals surface area contributed by atoms with Crippen molar-refractivity contribution in [2.24, 2.45) is 5.10 Å². The van der Waals surface area contributed by atoms with Crippen LogP contribution in [0.3, 0.4) is 0 Å². The van der Waals surface area contributed by atoms with Gasteiger partial charge in [0.25, 0.3) is 5.91 Å². The molecule has 0 aliphatic rings. The van der Waals surface area contributed by atoms with Crippen LogP contribution in [0.15, 0.2) is 71.8 Å². The molecule has 0 aromatic heterocycles. The first kappa shape index (κ1) is 27.7. The van der Waals surface area contributed by atoms with Crippen LogP contribution >= 0.6 is 0 Å². The maximum absolute atomic E-state index is 12.1. The van der Waals surface area contributed by atoms with Crippen LogP contribution in [0.1, 0.15) is 16.7 Å². The number of nitrogens with zero attached hydrogens (tertiary/aromatic N) is 1. The van der Waals surface area contributed by atoms with Gasteiger partial charge in [0, 0.05) is 12.2 Å². The summed E-state index contributed by atoms with van der Waals surface area (Å²) in [4.78, 5) is 36.2. The van der Waals surface area contributed by atoms with E-state index in [1.807, 2.05) is 37.3 Å². The van der Waals surface area contributed by atoms with Gasteiger partial charge in [0.05, 0.1) is 20.4 Å². The summed E-state index contributed by atoms with van der Waals surface area (Å²) in [6.45, 7) is 2.02. The number of hydrogen-bond acceptors (Lipinski definition) is 7. The highest BCUT2D eigenvalue weighted by molar-refractivity contribution is 6.35. The van der Waals surface area contributed by atoms with E-state index in [1.165, 1.54) is 6.21 Å². The molecule has 0 saturated carbocycles. The number of rotatable bonds is 11. The third kappa shape index (κ3) is 8.66. The summed E-state index contributed by atoms with van der Waals surface area (Å²) in [6.07, 6.45) is 1.87. The zero-order valence-corrected chi connectivity index (χ0v) is 21.4. The summed E-state index contributed by atoms with van der Waals surface area (Å²) in [5.41, 5.74) is 5.44. The van der Waals surface area contributed by atoms with E-state index in [1.54, 1.807) is 50.6 Å². The minimum atomic E-state index is -0.895. The maximum atomic E-state index is 12.1. The molecule has 10 nitrogen and oxygen atoms in total. The van der Waals surface area contributed by atoms with Crippen LogP contribution in [0.25, 0.3) is 0 Å². The first-order chi connectivity index (χ1) is 18.4. The predicted octanol–water partition coefficient (Wildman–Crippen LogP) is 2.84. The maximum Gasteiger partial charge on any atom is 0.329 e. The second-order valence-electron chi connectivity index (χ2n) is 8.17. The Bertz CT molecular complexity index is 1310. The molecule has 0 spiro atoms. The van der Waals surface area contributed by atoms with Crippen molar-refractivity contribution in [1.82, 2.24) is 10.7 Å². The van der Waals surface area contributed by atoms with Crippen LogP contribution in [0, 0.1) is 6.92 Å². The summed E-state index contributed by atoms with van der Waals surface area (Å²) in [5, 5.41) is 9.14. The minimum Gasteiger partial charge on any atom is -0.493 e. The van der Waals surface area contributed by atoms with Gasteiger partial charge in [-0.1, -0.05) is 30.3 Å². The van der Waals surface area contributed by atoms with E-state index in [9.17, 15) is 14.4 Å². The number of nitrogens with one attached hydrogen (secondary N) is 3. The number of aryl methyl sites for hydroxylation is 1. The third-order valence-corrected chi connectivity index (χ3v) is 5.26. The van der Waals surface area contributed by atoms with Crippen molar-refractivity contribution in [3.05, 3.63) is 83.4 Å². The van der Waals surface area contributed by atoms with Gasteiger partial charge in [-0.05, 0) is 66.4 Å². The fourth-order valence-electron chi connectivity index (χ4n) is 3.41. The zero-order chi connectivity index (χ0) is 27.3. The summed E-state index contributed by atoms with van der Waals surface area (Å²) >= 11 is 0. The molecular formula is C28H30N4O6. The highest BCUT2D eigenvalue weighted by Gasteiger charge is 2.12. The minimum absolute atomic E-state index is 0.172. The van der Waals surface area contributed by atoms with Crippen LogP contribution in [0.5, 0.6) is 17.2 Å². The molecule has 0 saturated heterocycles. The highest BCUT2D eigenvalue weighted by atomic mass is 16.5. The summed E-state index contributed by atoms with van der Waals surface area (Å²) < 4.78 is 16.0. The summed E-state index contributed by atoms with van der Waals surface area (Å²) in [7, 11) is 3.10. The predicted molar refractivity (Wildman–Crippen MR) is 144 cm³/mol. The number of methoxy groups -OCH3 is 2. The molecule has 38 heavy (non-hydrogen) atoms. The van der Waals surface area contributed by atoms with Crippen molar-refractivity contribution >= 4 is 29.6 Å². The van der Waals surface area contributed by atoms with E-state index < -0.39 is 11.8 Å². The van der Waals surface area contributed by atoms with E-state index in [-0.39, 0.29) is 19.1 Å². The van der Waals surface area contributed by atoms with Gasteiger partial charge in [-0.3, -0.25) is 14.4 Å². The molecule has 0 fully saturated rings. The molecule has 3 aromatic carbocycles. The van der Waals surface area contributed by atoms with Gasteiger partial charge in [0.2, 0.25) is 0 Å². The largest absolute Gasteiger partial charge is 0.493 e. The van der Waals surface area contributed by atoms with Crippen LogP contribution in [0.4, 0.5) is 5.69 Å². The Morgan fingerprint density at radius 2 is 1.68 bits per heavy atom. The molecule has 3 aromatic rings. The van der Waals surface area contributed by atoms with E-state index in [0.29, 0.717) is 34.9 Å². The summed E-state index contributed by atoms with van der Waals surface area (Å²) in [6, 6.07) is 19.7. The average molecular weight is 519 g/mol. The number of carbonyl (C=O) groups excluding carboxylic acids is 3. The van der Waals surface area contributed by atoms with Crippen LogP contribution in [-0.4, -0.2) is 51.3 Å². The Hall–Kier alpha value is -4.86. The Labute approximate surface area is 221 Å². The van der Waals surface area contributed by atoms with Crippen LogP contribution in [-0.2, 0) is 20.8 Å². The molecule has 0 aliphatic carbocycles. The SMILES string of the molecule is COc1ccc(CCNC(=O)C(=O)N/N=C\c2cccc(OCC(=O)Nc3cccc(C)c3)c2)cc1OC. The molecule has 0 unspecified atom stereocenters. The fraction of sp³-hybridized carbons (Fsp3) is 0.214. The van der Waals surface area contributed by atoms with Gasteiger partial charge in [0.15, 0.2) is 18.1 Å². The summed E-state index contributed by atoms with van der Waals surface area (Å²) in [5.74, 6) is -0.346. The topological polar surface area (TPSA) is 127 Å². The second-order valence-corrected chi connectivity index (χ2v) is 8.17. The number of benzene rings is 3. The van der Waals surface area contributed by atoms with Crippen molar-refractivity contribution in [3.63, 3.8) is 0 Å². The number of ether oxygens (including phenoxy) is 3. The van der Waals surface area contributed by atoms with Gasteiger partial charge in [-0.15, -0.1) is 0 Å². The van der Waals surface area contributed by atoms with Crippen molar-refractivity contribution in [3.8, 4) is 17.2 Å². The van der Waals surface area contributed by atoms with E-state index in [0.717, 1.165) is 11.1 Å². The van der Waals surface area contributed by atoms with Crippen molar-refractivity contribution in [2.45, 2.75) is 13.3 Å². The number of hydrogen-bond donors (Lipinski definition) is 3. The fourth-order valence-corrected chi connectivity index (χ4v) is 3.41. The Morgan fingerprint density at radius 1 is 0.895 bits per heavy atom. The van der Waals surface area contributed by atoms with Gasteiger partial charge < -0.3 is 24.8 Å². The van der Waals surface area contributed by atoms with E-state index in [4.69, 9.17) is 14.2 Å².